The van der Waals surface area contributed by atoms with Crippen LogP contribution in [0.5, 0.6) is 11.5 Å². The van der Waals surface area contributed by atoms with Crippen molar-refractivity contribution in [2.75, 3.05) is 18.9 Å². The minimum absolute atomic E-state index is 0.117. The Hall–Kier alpha value is -4.50. The van der Waals surface area contributed by atoms with Crippen LogP contribution in [0, 0.1) is 0 Å². The maximum atomic E-state index is 12.9. The number of nitrogens with zero attached hydrogens (tertiary/aromatic N) is 3. The number of hydrogen-bond donors (Lipinski definition) is 1. The maximum Gasteiger partial charge on any atom is 0.263 e. The molecule has 1 N–H and O–H groups in total. The van der Waals surface area contributed by atoms with Crippen molar-refractivity contribution in [2.45, 2.75) is 4.90 Å². The summed E-state index contributed by atoms with van der Waals surface area (Å²) in [6, 6.07) is 21.9. The summed E-state index contributed by atoms with van der Waals surface area (Å²) in [6.45, 7) is 0. The van der Waals surface area contributed by atoms with Crippen LogP contribution in [0.25, 0.3) is 33.2 Å². The normalized spacial score (nSPS) is 11.3. The van der Waals surface area contributed by atoms with Gasteiger partial charge in [-0.2, -0.15) is 0 Å². The fourth-order valence-corrected chi connectivity index (χ4v) is 5.00. The van der Waals surface area contributed by atoms with Gasteiger partial charge in [0.25, 0.3) is 10.0 Å². The number of rotatable bonds is 7. The Morgan fingerprint density at radius 3 is 2.44 bits per heavy atom. The van der Waals surface area contributed by atoms with E-state index in [-0.39, 0.29) is 10.7 Å². The minimum Gasteiger partial charge on any atom is -0.497 e. The molecule has 0 aliphatic carbocycles. The van der Waals surface area contributed by atoms with Crippen molar-refractivity contribution in [1.29, 1.82) is 0 Å². The number of hydrogen-bond acceptors (Lipinski definition) is 7. The first-order chi connectivity index (χ1) is 17.5. The molecule has 0 saturated heterocycles. The molecule has 0 aliphatic heterocycles. The Balaban J connectivity index is 1.54. The SMILES string of the molecule is COc1cccc(-c2ccc(-c3nccc4cc(S(=O)(=O)Nc5ccncn5)ccc34)c(OC)c2)c1. The first kappa shape index (κ1) is 23.3. The van der Waals surface area contributed by atoms with Gasteiger partial charge in [-0.1, -0.05) is 24.3 Å². The molecule has 9 heteroatoms. The highest BCUT2D eigenvalue weighted by Crippen LogP contribution is 2.37. The molecule has 0 unspecified atom stereocenters. The van der Waals surface area contributed by atoms with Crippen LogP contribution >= 0.6 is 0 Å². The average molecular weight is 499 g/mol. The van der Waals surface area contributed by atoms with Crippen LogP contribution in [0.3, 0.4) is 0 Å². The van der Waals surface area contributed by atoms with Crippen molar-refractivity contribution < 1.29 is 17.9 Å². The van der Waals surface area contributed by atoms with Crippen LogP contribution < -0.4 is 14.2 Å². The Morgan fingerprint density at radius 2 is 1.67 bits per heavy atom. The third-order valence-electron chi connectivity index (χ3n) is 5.73. The van der Waals surface area contributed by atoms with E-state index in [2.05, 4.69) is 19.7 Å². The number of anilines is 1. The Kier molecular flexibility index (Phi) is 6.22. The zero-order valence-corrected chi connectivity index (χ0v) is 20.4. The minimum atomic E-state index is -3.83. The van der Waals surface area contributed by atoms with E-state index in [1.54, 1.807) is 44.7 Å². The first-order valence-corrected chi connectivity index (χ1v) is 12.5. The number of pyridine rings is 1. The largest absolute Gasteiger partial charge is 0.497 e. The lowest BCUT2D eigenvalue weighted by Crippen LogP contribution is -2.13. The van der Waals surface area contributed by atoms with Gasteiger partial charge in [0.1, 0.15) is 23.6 Å². The van der Waals surface area contributed by atoms with Gasteiger partial charge in [0.05, 0.1) is 24.8 Å². The van der Waals surface area contributed by atoms with E-state index in [1.165, 1.54) is 18.6 Å². The fourth-order valence-electron chi connectivity index (χ4n) is 3.95. The van der Waals surface area contributed by atoms with E-state index >= 15 is 0 Å². The van der Waals surface area contributed by atoms with Gasteiger partial charge in [0, 0.05) is 23.3 Å². The molecule has 5 rings (SSSR count). The predicted octanol–water partition coefficient (Wildman–Crippen LogP) is 5.18. The summed E-state index contributed by atoms with van der Waals surface area (Å²) in [7, 11) is -0.582. The molecule has 0 radical (unpaired) electrons. The van der Waals surface area contributed by atoms with E-state index < -0.39 is 10.0 Å². The standard InChI is InChI=1S/C27H22N4O4S/c1-34-21-5-3-4-18(14-21)19-6-8-24(25(16-19)35-2)27-23-9-7-22(15-20(23)10-13-29-27)36(32,33)31-26-11-12-28-17-30-26/h3-17H,1-2H3,(H,28,30,31). The summed E-state index contributed by atoms with van der Waals surface area (Å²) in [5.41, 5.74) is 3.45. The lowest BCUT2D eigenvalue weighted by atomic mass is 9.99. The highest BCUT2D eigenvalue weighted by molar-refractivity contribution is 7.92. The summed E-state index contributed by atoms with van der Waals surface area (Å²) in [5.74, 6) is 1.62. The maximum absolute atomic E-state index is 12.9. The van der Waals surface area contributed by atoms with Crippen LogP contribution in [-0.4, -0.2) is 37.6 Å². The Morgan fingerprint density at radius 1 is 0.806 bits per heavy atom. The molecular formula is C27H22N4O4S. The molecule has 0 aliphatic rings. The van der Waals surface area contributed by atoms with Gasteiger partial charge in [-0.3, -0.25) is 9.71 Å². The molecule has 180 valence electrons. The second-order valence-electron chi connectivity index (χ2n) is 7.89. The van der Waals surface area contributed by atoms with Gasteiger partial charge in [-0.05, 0) is 65.0 Å². The third kappa shape index (κ3) is 4.56. The quantitative estimate of drug-likeness (QED) is 0.330. The average Bonchev–Trinajstić information content (AvgIpc) is 2.92. The van der Waals surface area contributed by atoms with Crippen LogP contribution in [-0.2, 0) is 10.0 Å². The number of fused-ring (bicyclic) bond motifs is 1. The van der Waals surface area contributed by atoms with Crippen LogP contribution in [0.2, 0.25) is 0 Å². The van der Waals surface area contributed by atoms with Gasteiger partial charge in [0.15, 0.2) is 0 Å². The molecule has 0 atom stereocenters. The van der Waals surface area contributed by atoms with Crippen molar-refractivity contribution in [1.82, 2.24) is 15.0 Å². The van der Waals surface area contributed by atoms with Gasteiger partial charge in [0.2, 0.25) is 0 Å². The van der Waals surface area contributed by atoms with Crippen molar-refractivity contribution in [3.05, 3.63) is 91.5 Å². The smallest absolute Gasteiger partial charge is 0.263 e. The molecule has 0 amide bonds. The highest BCUT2D eigenvalue weighted by atomic mass is 32.2. The number of benzene rings is 3. The number of aromatic nitrogens is 3. The zero-order chi connectivity index (χ0) is 25.1. The van der Waals surface area contributed by atoms with Crippen molar-refractivity contribution in [2.24, 2.45) is 0 Å². The topological polar surface area (TPSA) is 103 Å². The monoisotopic (exact) mass is 498 g/mol. The second-order valence-corrected chi connectivity index (χ2v) is 9.57. The number of sulfonamides is 1. The van der Waals surface area contributed by atoms with E-state index in [0.717, 1.165) is 33.2 Å². The second kappa shape index (κ2) is 9.63. The third-order valence-corrected chi connectivity index (χ3v) is 7.08. The lowest BCUT2D eigenvalue weighted by molar-refractivity contribution is 0.414. The Bertz CT molecular complexity index is 1660. The zero-order valence-electron chi connectivity index (χ0n) is 19.5. The van der Waals surface area contributed by atoms with Gasteiger partial charge >= 0.3 is 0 Å². The van der Waals surface area contributed by atoms with Gasteiger partial charge < -0.3 is 9.47 Å². The number of methoxy groups -OCH3 is 2. The molecule has 0 bridgehead atoms. The molecule has 5 aromatic rings. The van der Waals surface area contributed by atoms with Crippen LogP contribution in [0.15, 0.2) is 96.4 Å². The molecule has 0 spiro atoms. The molecule has 2 heterocycles. The van der Waals surface area contributed by atoms with Gasteiger partial charge in [-0.15, -0.1) is 0 Å². The van der Waals surface area contributed by atoms with E-state index in [1.807, 2.05) is 42.5 Å². The number of nitrogens with one attached hydrogen (secondary N) is 1. The van der Waals surface area contributed by atoms with Crippen molar-refractivity contribution in [3.8, 4) is 33.9 Å². The van der Waals surface area contributed by atoms with Gasteiger partial charge in [-0.25, -0.2) is 18.4 Å². The van der Waals surface area contributed by atoms with E-state index in [9.17, 15) is 8.42 Å². The summed E-state index contributed by atoms with van der Waals surface area (Å²) >= 11 is 0. The molecule has 36 heavy (non-hydrogen) atoms. The lowest BCUT2D eigenvalue weighted by Gasteiger charge is -2.14. The summed E-state index contributed by atoms with van der Waals surface area (Å²) < 4.78 is 39.3. The Labute approximate surface area is 208 Å². The molecular weight excluding hydrogens is 476 g/mol. The first-order valence-electron chi connectivity index (χ1n) is 11.0. The van der Waals surface area contributed by atoms with E-state index in [0.29, 0.717) is 11.4 Å². The predicted molar refractivity (Wildman–Crippen MR) is 139 cm³/mol. The van der Waals surface area contributed by atoms with Crippen molar-refractivity contribution in [3.63, 3.8) is 0 Å². The number of ether oxygens (including phenoxy) is 2. The fraction of sp³-hybridized carbons (Fsp3) is 0.0741. The molecule has 3 aromatic carbocycles. The highest BCUT2D eigenvalue weighted by Gasteiger charge is 2.18. The van der Waals surface area contributed by atoms with E-state index in [4.69, 9.17) is 9.47 Å². The molecule has 2 aromatic heterocycles. The summed E-state index contributed by atoms with van der Waals surface area (Å²) in [6.07, 6.45) is 4.40. The summed E-state index contributed by atoms with van der Waals surface area (Å²) in [5, 5.41) is 1.52. The van der Waals surface area contributed by atoms with Crippen LogP contribution in [0.1, 0.15) is 0 Å². The molecule has 0 fully saturated rings. The molecule has 8 nitrogen and oxygen atoms in total. The molecule has 0 saturated carbocycles. The van der Waals surface area contributed by atoms with Crippen LogP contribution in [0.4, 0.5) is 5.82 Å². The van der Waals surface area contributed by atoms with Crippen molar-refractivity contribution >= 4 is 26.6 Å². The summed E-state index contributed by atoms with van der Waals surface area (Å²) in [4.78, 5) is 12.4.